The Morgan fingerprint density at radius 2 is 1.92 bits per heavy atom. The van der Waals surface area contributed by atoms with Gasteiger partial charge in [0, 0.05) is 12.3 Å². The van der Waals surface area contributed by atoms with E-state index in [1.807, 2.05) is 26.0 Å². The third-order valence-corrected chi connectivity index (χ3v) is 2.58. The summed E-state index contributed by atoms with van der Waals surface area (Å²) in [6, 6.07) is 0. The minimum atomic E-state index is 0.104. The summed E-state index contributed by atoms with van der Waals surface area (Å²) in [7, 11) is 0. The Kier molecular flexibility index (Phi) is 4.97. The summed E-state index contributed by atoms with van der Waals surface area (Å²) < 4.78 is 0. The largest absolute Gasteiger partial charge is 0.299 e. The number of rotatable bonds is 4. The molecule has 0 bridgehead atoms. The predicted molar refractivity (Wildman–Crippen MR) is 57.7 cm³/mol. The average molecular weight is 182 g/mol. The summed E-state index contributed by atoms with van der Waals surface area (Å²) in [6.45, 7) is 10.4. The second kappa shape index (κ2) is 5.21. The minimum Gasteiger partial charge on any atom is -0.299 e. The zero-order valence-corrected chi connectivity index (χ0v) is 9.55. The Labute approximate surface area is 82.2 Å². The quantitative estimate of drug-likeness (QED) is 0.607. The molecule has 1 nitrogen and oxygen atoms in total. The van der Waals surface area contributed by atoms with Crippen molar-refractivity contribution in [1.82, 2.24) is 0 Å². The molecule has 1 heteroatoms. The van der Waals surface area contributed by atoms with E-state index in [2.05, 4.69) is 20.8 Å². The van der Waals surface area contributed by atoms with Crippen LogP contribution >= 0.6 is 0 Å². The Balaban J connectivity index is 3.97. The molecule has 1 unspecified atom stereocenters. The van der Waals surface area contributed by atoms with E-state index in [1.54, 1.807) is 0 Å². The van der Waals surface area contributed by atoms with Gasteiger partial charge in [-0.05, 0) is 18.8 Å². The Bertz CT molecular complexity index is 184. The van der Waals surface area contributed by atoms with E-state index >= 15 is 0 Å². The first-order chi connectivity index (χ1) is 5.89. The molecule has 0 N–H and O–H groups in total. The first-order valence-corrected chi connectivity index (χ1v) is 5.03. The van der Waals surface area contributed by atoms with E-state index in [0.717, 1.165) is 6.42 Å². The van der Waals surface area contributed by atoms with E-state index in [4.69, 9.17) is 0 Å². The summed E-state index contributed by atoms with van der Waals surface area (Å²) >= 11 is 0. The second-order valence-corrected chi connectivity index (χ2v) is 4.66. The number of ketones is 1. The van der Waals surface area contributed by atoms with Crippen LogP contribution in [0.1, 0.15) is 47.5 Å². The van der Waals surface area contributed by atoms with Gasteiger partial charge in [-0.1, -0.05) is 39.8 Å². The highest BCUT2D eigenvalue weighted by molar-refractivity contribution is 5.81. The van der Waals surface area contributed by atoms with Crippen LogP contribution in [-0.4, -0.2) is 5.78 Å². The van der Waals surface area contributed by atoms with Crippen LogP contribution in [0.4, 0.5) is 0 Å². The van der Waals surface area contributed by atoms with E-state index in [9.17, 15) is 4.79 Å². The molecule has 0 aliphatic carbocycles. The molecule has 0 aliphatic heterocycles. The molecule has 1 atom stereocenters. The number of allylic oxidation sites excluding steroid dienone is 2. The summed E-state index contributed by atoms with van der Waals surface area (Å²) in [5.41, 5.74) is 0.104. The summed E-state index contributed by atoms with van der Waals surface area (Å²) in [5, 5.41) is 0. The molecule has 0 amide bonds. The third-order valence-electron chi connectivity index (χ3n) is 2.58. The van der Waals surface area contributed by atoms with Gasteiger partial charge in [-0.2, -0.15) is 0 Å². The highest BCUT2D eigenvalue weighted by Crippen LogP contribution is 2.27. The van der Waals surface area contributed by atoms with Crippen molar-refractivity contribution in [3.05, 3.63) is 12.2 Å². The van der Waals surface area contributed by atoms with Crippen molar-refractivity contribution < 1.29 is 4.79 Å². The molecule has 76 valence electrons. The molecule has 13 heavy (non-hydrogen) atoms. The van der Waals surface area contributed by atoms with Gasteiger partial charge >= 0.3 is 0 Å². The lowest BCUT2D eigenvalue weighted by atomic mass is 9.78. The Morgan fingerprint density at radius 3 is 2.31 bits per heavy atom. The molecule has 0 aromatic carbocycles. The smallest absolute Gasteiger partial charge is 0.136 e. The van der Waals surface area contributed by atoms with Gasteiger partial charge in [-0.15, -0.1) is 0 Å². The van der Waals surface area contributed by atoms with Crippen molar-refractivity contribution in [2.24, 2.45) is 11.3 Å². The molecule has 0 aliphatic rings. The van der Waals surface area contributed by atoms with Gasteiger partial charge in [0.05, 0.1) is 0 Å². The number of hydrogen-bond acceptors (Lipinski definition) is 1. The van der Waals surface area contributed by atoms with Gasteiger partial charge < -0.3 is 0 Å². The first kappa shape index (κ1) is 12.4. The predicted octanol–water partition coefficient (Wildman–Crippen LogP) is 3.59. The Hall–Kier alpha value is -0.590. The zero-order valence-electron chi connectivity index (χ0n) is 9.55. The van der Waals surface area contributed by atoms with Crippen molar-refractivity contribution in [2.45, 2.75) is 47.5 Å². The minimum absolute atomic E-state index is 0.104. The normalized spacial score (nSPS) is 14.8. The summed E-state index contributed by atoms with van der Waals surface area (Å²) in [6.07, 6.45) is 5.61. The van der Waals surface area contributed by atoms with Crippen LogP contribution in [0, 0.1) is 11.3 Å². The molecule has 0 fully saturated rings. The molecule has 0 saturated carbocycles. The summed E-state index contributed by atoms with van der Waals surface area (Å²) in [4.78, 5) is 11.6. The van der Waals surface area contributed by atoms with Crippen LogP contribution in [0.5, 0.6) is 0 Å². The monoisotopic (exact) mass is 182 g/mol. The SMILES string of the molecule is CC=CCCC(=O)C(C)C(C)(C)C. The molecule has 0 aromatic heterocycles. The van der Waals surface area contributed by atoms with Crippen molar-refractivity contribution in [3.8, 4) is 0 Å². The fraction of sp³-hybridized carbons (Fsp3) is 0.750. The topological polar surface area (TPSA) is 17.1 Å². The molecule has 0 rings (SSSR count). The number of Topliss-reactive ketones (excluding diaryl/α,β-unsaturated/α-hetero) is 1. The highest BCUT2D eigenvalue weighted by atomic mass is 16.1. The highest BCUT2D eigenvalue weighted by Gasteiger charge is 2.25. The molecule has 0 aromatic rings. The maximum atomic E-state index is 11.6. The first-order valence-electron chi connectivity index (χ1n) is 5.03. The number of carbonyl (C=O) groups excluding carboxylic acids is 1. The van der Waals surface area contributed by atoms with Gasteiger partial charge in [-0.25, -0.2) is 0 Å². The van der Waals surface area contributed by atoms with Crippen LogP contribution in [0.25, 0.3) is 0 Å². The fourth-order valence-corrected chi connectivity index (χ4v) is 1.09. The summed E-state index contributed by atoms with van der Waals surface area (Å²) in [5.74, 6) is 0.545. The van der Waals surface area contributed by atoms with Gasteiger partial charge in [0.25, 0.3) is 0 Å². The molecule has 0 heterocycles. The van der Waals surface area contributed by atoms with Crippen molar-refractivity contribution in [3.63, 3.8) is 0 Å². The lowest BCUT2D eigenvalue weighted by Crippen LogP contribution is -2.25. The molecular weight excluding hydrogens is 160 g/mol. The van der Waals surface area contributed by atoms with Gasteiger partial charge in [0.15, 0.2) is 0 Å². The maximum absolute atomic E-state index is 11.6. The number of hydrogen-bond donors (Lipinski definition) is 0. The van der Waals surface area contributed by atoms with Crippen LogP contribution < -0.4 is 0 Å². The van der Waals surface area contributed by atoms with E-state index in [-0.39, 0.29) is 11.3 Å². The third kappa shape index (κ3) is 4.87. The van der Waals surface area contributed by atoms with Crippen LogP contribution in [-0.2, 0) is 4.79 Å². The zero-order chi connectivity index (χ0) is 10.5. The van der Waals surface area contributed by atoms with Crippen LogP contribution in [0.3, 0.4) is 0 Å². The van der Waals surface area contributed by atoms with E-state index < -0.39 is 0 Å². The van der Waals surface area contributed by atoms with Crippen molar-refractivity contribution >= 4 is 5.78 Å². The van der Waals surface area contributed by atoms with Gasteiger partial charge in [0.2, 0.25) is 0 Å². The molecule has 0 spiro atoms. The van der Waals surface area contributed by atoms with E-state index in [1.165, 1.54) is 0 Å². The average Bonchev–Trinajstić information content (AvgIpc) is 2.01. The van der Waals surface area contributed by atoms with Crippen molar-refractivity contribution in [1.29, 1.82) is 0 Å². The lowest BCUT2D eigenvalue weighted by molar-refractivity contribution is -0.125. The number of carbonyl (C=O) groups is 1. The second-order valence-electron chi connectivity index (χ2n) is 4.66. The van der Waals surface area contributed by atoms with Crippen LogP contribution in [0.15, 0.2) is 12.2 Å². The van der Waals surface area contributed by atoms with Crippen molar-refractivity contribution in [2.75, 3.05) is 0 Å². The van der Waals surface area contributed by atoms with Gasteiger partial charge in [-0.3, -0.25) is 4.79 Å². The van der Waals surface area contributed by atoms with Crippen LogP contribution in [0.2, 0.25) is 0 Å². The Morgan fingerprint density at radius 1 is 1.38 bits per heavy atom. The molecular formula is C12H22O. The maximum Gasteiger partial charge on any atom is 0.136 e. The van der Waals surface area contributed by atoms with Gasteiger partial charge in [0.1, 0.15) is 5.78 Å². The fourth-order valence-electron chi connectivity index (χ4n) is 1.09. The standard InChI is InChI=1S/C12H22O/c1-6-7-8-9-11(13)10(2)12(3,4)5/h6-7,10H,8-9H2,1-5H3. The lowest BCUT2D eigenvalue weighted by Gasteiger charge is -2.25. The molecule has 0 radical (unpaired) electrons. The van der Waals surface area contributed by atoms with E-state index in [0.29, 0.717) is 12.2 Å². The molecule has 0 saturated heterocycles.